The number of nitrogens with zero attached hydrogens (tertiary/aromatic N) is 2. The monoisotopic (exact) mass is 584 g/mol. The highest BCUT2D eigenvalue weighted by Gasteiger charge is 2.47. The number of benzene rings is 2. The van der Waals surface area contributed by atoms with E-state index in [-0.39, 0.29) is 40.8 Å². The Kier molecular flexibility index (Phi) is 7.27. The topological polar surface area (TPSA) is 97.5 Å². The molecule has 0 saturated carbocycles. The van der Waals surface area contributed by atoms with E-state index in [1.54, 1.807) is 54.4 Å². The molecule has 1 aliphatic heterocycles. The first kappa shape index (κ1) is 27.3. The van der Waals surface area contributed by atoms with Crippen LogP contribution in [0.1, 0.15) is 45.1 Å². The van der Waals surface area contributed by atoms with E-state index in [1.165, 1.54) is 0 Å². The fraction of sp³-hybridized carbons (Fsp3) is 0.276. The number of nitrogens with one attached hydrogen (secondary N) is 1. The second kappa shape index (κ2) is 10.4. The van der Waals surface area contributed by atoms with Crippen molar-refractivity contribution in [3.8, 4) is 0 Å². The number of hydrazine groups is 1. The Morgan fingerprint density at radius 3 is 2.49 bits per heavy atom. The number of hydrogen-bond donors (Lipinski definition) is 2. The number of hydrogen-bond acceptors (Lipinski definition) is 7. The summed E-state index contributed by atoms with van der Waals surface area (Å²) in [5.41, 5.74) is 12.7. The van der Waals surface area contributed by atoms with Crippen LogP contribution in [0, 0.1) is 5.41 Å². The van der Waals surface area contributed by atoms with Gasteiger partial charge in [0, 0.05) is 33.0 Å². The first-order valence-electron chi connectivity index (χ1n) is 12.5. The van der Waals surface area contributed by atoms with Crippen molar-refractivity contribution in [2.75, 3.05) is 12.0 Å². The van der Waals surface area contributed by atoms with Crippen LogP contribution < -0.4 is 11.2 Å². The van der Waals surface area contributed by atoms with Crippen LogP contribution in [-0.2, 0) is 14.3 Å². The highest BCUT2D eigenvalue weighted by atomic mass is 35.5. The minimum Gasteiger partial charge on any atom is -0.463 e. The summed E-state index contributed by atoms with van der Waals surface area (Å²) in [6, 6.07) is 14.1. The lowest BCUT2D eigenvalue weighted by Crippen LogP contribution is -2.45. The first-order valence-corrected chi connectivity index (χ1v) is 13.6. The van der Waals surface area contributed by atoms with E-state index in [4.69, 9.17) is 45.3 Å². The van der Waals surface area contributed by atoms with Crippen molar-refractivity contribution < 1.29 is 14.3 Å². The van der Waals surface area contributed by atoms with Gasteiger partial charge in [0.05, 0.1) is 35.0 Å². The molecule has 0 fully saturated rings. The molecule has 2 aliphatic rings. The number of pyridine rings is 1. The SMILES string of the molecule is CCOC(=O)C1=C(N)N(Nc2ccc(Cl)cc2)C2=C(C(=O)CC(C)(C)C2)C1c1cc2cc(Cl)ccc2nc1Cl. The number of fused-ring (bicyclic) bond motifs is 1. The summed E-state index contributed by atoms with van der Waals surface area (Å²) in [5.74, 6) is -1.52. The van der Waals surface area contributed by atoms with E-state index in [2.05, 4.69) is 10.4 Å². The van der Waals surface area contributed by atoms with Crippen molar-refractivity contribution in [3.05, 3.63) is 92.0 Å². The van der Waals surface area contributed by atoms with Gasteiger partial charge in [-0.15, -0.1) is 0 Å². The first-order chi connectivity index (χ1) is 18.5. The van der Waals surface area contributed by atoms with Gasteiger partial charge in [-0.3, -0.25) is 10.2 Å². The molecule has 0 amide bonds. The normalized spacial score (nSPS) is 18.9. The lowest BCUT2D eigenvalue weighted by molar-refractivity contribution is -0.139. The minimum absolute atomic E-state index is 0.106. The predicted octanol–water partition coefficient (Wildman–Crippen LogP) is 7.00. The summed E-state index contributed by atoms with van der Waals surface area (Å²) < 4.78 is 5.45. The molecule has 1 aromatic heterocycles. The molecule has 3 N–H and O–H groups in total. The average molecular weight is 586 g/mol. The maximum atomic E-state index is 13.9. The fourth-order valence-electron chi connectivity index (χ4n) is 5.25. The number of anilines is 1. The Morgan fingerprint density at radius 2 is 1.79 bits per heavy atom. The Hall–Kier alpha value is -3.26. The molecule has 3 aromatic rings. The molecule has 202 valence electrons. The summed E-state index contributed by atoms with van der Waals surface area (Å²) >= 11 is 19.1. The van der Waals surface area contributed by atoms with Crippen molar-refractivity contribution in [1.82, 2.24) is 9.99 Å². The molecule has 2 aromatic carbocycles. The van der Waals surface area contributed by atoms with Gasteiger partial charge in [0.15, 0.2) is 5.78 Å². The van der Waals surface area contributed by atoms with Gasteiger partial charge >= 0.3 is 5.97 Å². The smallest absolute Gasteiger partial charge is 0.338 e. The zero-order valence-corrected chi connectivity index (χ0v) is 23.9. The lowest BCUT2D eigenvalue weighted by atomic mass is 9.69. The van der Waals surface area contributed by atoms with Gasteiger partial charge in [-0.05, 0) is 67.3 Å². The summed E-state index contributed by atoms with van der Waals surface area (Å²) in [5, 5.41) is 3.58. The third-order valence-electron chi connectivity index (χ3n) is 6.91. The molecule has 7 nitrogen and oxygen atoms in total. The van der Waals surface area contributed by atoms with Crippen LogP contribution in [0.25, 0.3) is 10.9 Å². The fourth-order valence-corrected chi connectivity index (χ4v) is 5.81. The van der Waals surface area contributed by atoms with E-state index in [1.807, 2.05) is 19.9 Å². The molecular weight excluding hydrogens is 559 g/mol. The number of carbonyl (C=O) groups is 2. The second-order valence-corrected chi connectivity index (χ2v) is 11.6. The molecule has 0 saturated heterocycles. The van der Waals surface area contributed by atoms with Crippen LogP contribution in [0.4, 0.5) is 5.69 Å². The standard InChI is InChI=1S/C29H27Cl3N4O3/c1-4-39-28(38)25-23(19-12-15-11-17(31)7-10-20(15)34-26(19)32)24-21(13-29(2,3)14-22(24)37)36(27(25)33)35-18-8-5-16(30)6-9-18/h5-12,23,35H,4,13-14,33H2,1-3H3. The van der Waals surface area contributed by atoms with Crippen LogP contribution in [-0.4, -0.2) is 28.4 Å². The molecular formula is C29H27Cl3N4O3. The van der Waals surface area contributed by atoms with E-state index in [0.29, 0.717) is 44.5 Å². The van der Waals surface area contributed by atoms with Crippen LogP contribution in [0.5, 0.6) is 0 Å². The number of nitrogens with two attached hydrogens (primary N) is 1. The number of rotatable bonds is 5. The third kappa shape index (κ3) is 5.19. The second-order valence-electron chi connectivity index (χ2n) is 10.4. The van der Waals surface area contributed by atoms with Gasteiger partial charge in [0.2, 0.25) is 0 Å². The summed E-state index contributed by atoms with van der Waals surface area (Å²) in [6.07, 6.45) is 0.810. The van der Waals surface area contributed by atoms with Crippen molar-refractivity contribution in [1.29, 1.82) is 0 Å². The van der Waals surface area contributed by atoms with Crippen molar-refractivity contribution in [2.45, 2.75) is 39.5 Å². The van der Waals surface area contributed by atoms with Gasteiger partial charge in [-0.25, -0.2) is 14.8 Å². The van der Waals surface area contributed by atoms with Gasteiger partial charge in [-0.2, -0.15) is 0 Å². The molecule has 0 radical (unpaired) electrons. The number of ketones is 1. The van der Waals surface area contributed by atoms with E-state index < -0.39 is 11.9 Å². The number of ether oxygens (including phenoxy) is 1. The van der Waals surface area contributed by atoms with Gasteiger partial charge in [-0.1, -0.05) is 48.7 Å². The van der Waals surface area contributed by atoms with E-state index in [0.717, 1.165) is 5.39 Å². The Balaban J connectivity index is 1.77. The summed E-state index contributed by atoms with van der Waals surface area (Å²) in [6.45, 7) is 5.88. The maximum Gasteiger partial charge on any atom is 0.338 e. The van der Waals surface area contributed by atoms with Crippen LogP contribution in [0.15, 0.2) is 71.2 Å². The predicted molar refractivity (Wildman–Crippen MR) is 154 cm³/mol. The summed E-state index contributed by atoms with van der Waals surface area (Å²) in [4.78, 5) is 32.0. The highest BCUT2D eigenvalue weighted by molar-refractivity contribution is 6.32. The zero-order chi connectivity index (χ0) is 28.1. The Bertz CT molecular complexity index is 1560. The molecule has 10 heteroatoms. The largest absolute Gasteiger partial charge is 0.463 e. The van der Waals surface area contributed by atoms with Gasteiger partial charge < -0.3 is 10.5 Å². The minimum atomic E-state index is -0.880. The lowest BCUT2D eigenvalue weighted by Gasteiger charge is -2.44. The molecule has 2 heterocycles. The molecule has 5 rings (SSSR count). The molecule has 1 unspecified atom stereocenters. The number of allylic oxidation sites excluding steroid dienone is 2. The quantitative estimate of drug-likeness (QED) is 0.246. The Morgan fingerprint density at radius 1 is 1.10 bits per heavy atom. The number of Topliss-reactive ketones (excluding diaryl/α,β-unsaturated/α-hetero) is 1. The maximum absolute atomic E-state index is 13.9. The van der Waals surface area contributed by atoms with Gasteiger partial charge in [0.1, 0.15) is 11.0 Å². The highest BCUT2D eigenvalue weighted by Crippen LogP contribution is 2.50. The zero-order valence-electron chi connectivity index (χ0n) is 21.6. The molecule has 1 aliphatic carbocycles. The van der Waals surface area contributed by atoms with E-state index >= 15 is 0 Å². The number of halogens is 3. The van der Waals surface area contributed by atoms with Crippen molar-refractivity contribution >= 4 is 63.1 Å². The number of esters is 1. The van der Waals surface area contributed by atoms with E-state index in [9.17, 15) is 9.59 Å². The summed E-state index contributed by atoms with van der Waals surface area (Å²) in [7, 11) is 0. The van der Waals surface area contributed by atoms with Crippen LogP contribution >= 0.6 is 34.8 Å². The molecule has 1 atom stereocenters. The third-order valence-corrected chi connectivity index (χ3v) is 7.70. The van der Waals surface area contributed by atoms with Crippen molar-refractivity contribution in [3.63, 3.8) is 0 Å². The van der Waals surface area contributed by atoms with Crippen LogP contribution in [0.2, 0.25) is 15.2 Å². The van der Waals surface area contributed by atoms with Gasteiger partial charge in [0.25, 0.3) is 0 Å². The number of carbonyl (C=O) groups excluding carboxylic acids is 2. The van der Waals surface area contributed by atoms with Crippen LogP contribution in [0.3, 0.4) is 0 Å². The molecule has 39 heavy (non-hydrogen) atoms. The molecule has 0 spiro atoms. The average Bonchev–Trinajstić information content (AvgIpc) is 2.86. The number of aromatic nitrogens is 1. The molecule has 0 bridgehead atoms. The van der Waals surface area contributed by atoms with Crippen molar-refractivity contribution in [2.24, 2.45) is 11.1 Å². The Labute approximate surface area is 241 Å².